The zero-order chi connectivity index (χ0) is 12.5. The highest BCUT2D eigenvalue weighted by Gasteiger charge is 2.12. The highest BCUT2D eigenvalue weighted by molar-refractivity contribution is 7.19. The molecule has 0 N–H and O–H groups in total. The van der Waals surface area contributed by atoms with Gasteiger partial charge in [0.25, 0.3) is 0 Å². The molecule has 6 nitrogen and oxygen atoms in total. The number of fused-ring (bicyclic) bond motifs is 1. The van der Waals surface area contributed by atoms with Gasteiger partial charge in [0.2, 0.25) is 10.8 Å². The molecule has 0 aliphatic rings. The highest BCUT2D eigenvalue weighted by Crippen LogP contribution is 2.25. The van der Waals surface area contributed by atoms with E-state index in [-0.39, 0.29) is 5.82 Å². The van der Waals surface area contributed by atoms with Gasteiger partial charge in [0, 0.05) is 11.1 Å². The largest absolute Gasteiger partial charge is 0.298 e. The number of aldehydes is 2. The molecule has 0 bridgehead atoms. The molecule has 0 spiro atoms. The van der Waals surface area contributed by atoms with Crippen LogP contribution in [0, 0.1) is 0 Å². The zero-order valence-electron chi connectivity index (χ0n) is 8.98. The summed E-state index contributed by atoms with van der Waals surface area (Å²) in [6.45, 7) is 0. The predicted molar refractivity (Wildman–Crippen MR) is 64.9 cm³/mol. The van der Waals surface area contributed by atoms with Gasteiger partial charge in [-0.1, -0.05) is 29.5 Å². The second-order valence-corrected chi connectivity index (χ2v) is 4.48. The Kier molecular flexibility index (Phi) is 2.45. The van der Waals surface area contributed by atoms with Gasteiger partial charge in [-0.05, 0) is 6.07 Å². The van der Waals surface area contributed by atoms with Crippen LogP contribution in [-0.4, -0.2) is 32.4 Å². The van der Waals surface area contributed by atoms with Crippen LogP contribution in [0.15, 0.2) is 24.3 Å². The first-order valence-corrected chi connectivity index (χ1v) is 5.86. The first-order chi connectivity index (χ1) is 8.81. The minimum atomic E-state index is 0.166. The molecule has 0 atom stereocenters. The van der Waals surface area contributed by atoms with E-state index in [4.69, 9.17) is 0 Å². The van der Waals surface area contributed by atoms with E-state index < -0.39 is 0 Å². The third-order valence-corrected chi connectivity index (χ3v) is 3.34. The molecule has 0 aliphatic heterocycles. The summed E-state index contributed by atoms with van der Waals surface area (Å²) in [5, 5.41) is 12.5. The Labute approximate surface area is 105 Å². The number of aromatic nitrogens is 4. The van der Waals surface area contributed by atoms with Crippen LogP contribution in [0.1, 0.15) is 21.0 Å². The zero-order valence-corrected chi connectivity index (χ0v) is 9.79. The average molecular weight is 258 g/mol. The molecule has 2 aromatic heterocycles. The molecule has 7 heteroatoms. The van der Waals surface area contributed by atoms with Crippen molar-refractivity contribution in [2.45, 2.75) is 0 Å². The minimum Gasteiger partial charge on any atom is -0.298 e. The maximum Gasteiger partial charge on any atom is 0.235 e. The molecule has 0 saturated carbocycles. The van der Waals surface area contributed by atoms with Gasteiger partial charge in [0.1, 0.15) is 11.3 Å². The fourth-order valence-electron chi connectivity index (χ4n) is 1.57. The molecule has 0 saturated heterocycles. The van der Waals surface area contributed by atoms with Crippen LogP contribution in [0.2, 0.25) is 0 Å². The van der Waals surface area contributed by atoms with E-state index in [1.54, 1.807) is 18.2 Å². The summed E-state index contributed by atoms with van der Waals surface area (Å²) in [6.07, 6.45) is 1.38. The quantitative estimate of drug-likeness (QED) is 0.665. The summed E-state index contributed by atoms with van der Waals surface area (Å²) in [7, 11) is 0. The van der Waals surface area contributed by atoms with Gasteiger partial charge >= 0.3 is 0 Å². The van der Waals surface area contributed by atoms with Crippen LogP contribution in [0.5, 0.6) is 0 Å². The molecule has 3 rings (SSSR count). The van der Waals surface area contributed by atoms with Crippen LogP contribution < -0.4 is 0 Å². The van der Waals surface area contributed by atoms with Crippen molar-refractivity contribution < 1.29 is 9.59 Å². The maximum atomic E-state index is 10.7. The smallest absolute Gasteiger partial charge is 0.235 e. The lowest BCUT2D eigenvalue weighted by atomic mass is 10.1. The fraction of sp³-hybridized carbons (Fsp3) is 0. The van der Waals surface area contributed by atoms with E-state index in [1.165, 1.54) is 15.9 Å². The second-order valence-electron chi connectivity index (χ2n) is 3.52. The number of carbonyl (C=O) groups excluding carboxylic acids is 2. The van der Waals surface area contributed by atoms with E-state index in [1.807, 2.05) is 6.07 Å². The second kappa shape index (κ2) is 4.11. The molecule has 0 unspecified atom stereocenters. The molecule has 0 fully saturated rings. The molecule has 0 amide bonds. The summed E-state index contributed by atoms with van der Waals surface area (Å²) in [5.41, 5.74) is 1.39. The molecule has 18 heavy (non-hydrogen) atoms. The van der Waals surface area contributed by atoms with Crippen LogP contribution in [0.3, 0.4) is 0 Å². The lowest BCUT2D eigenvalue weighted by Gasteiger charge is -1.95. The van der Waals surface area contributed by atoms with E-state index in [9.17, 15) is 9.59 Å². The topological polar surface area (TPSA) is 77.2 Å². The van der Waals surface area contributed by atoms with Crippen molar-refractivity contribution in [2.24, 2.45) is 0 Å². The third kappa shape index (κ3) is 1.61. The Morgan fingerprint density at radius 2 is 2.06 bits per heavy atom. The van der Waals surface area contributed by atoms with Gasteiger partial charge in [-0.2, -0.15) is 9.61 Å². The van der Waals surface area contributed by atoms with Crippen molar-refractivity contribution in [3.8, 4) is 10.6 Å². The van der Waals surface area contributed by atoms with Crippen molar-refractivity contribution in [3.05, 3.63) is 35.7 Å². The van der Waals surface area contributed by atoms with E-state index in [0.717, 1.165) is 11.8 Å². The summed E-state index contributed by atoms with van der Waals surface area (Å²) in [5.74, 6) is 0.166. The van der Waals surface area contributed by atoms with Crippen LogP contribution in [0.25, 0.3) is 15.5 Å². The van der Waals surface area contributed by atoms with Crippen LogP contribution in [0.4, 0.5) is 0 Å². The Balaban J connectivity index is 2.15. The Morgan fingerprint density at radius 3 is 2.83 bits per heavy atom. The number of benzene rings is 1. The Morgan fingerprint density at radius 1 is 1.17 bits per heavy atom. The molecular weight excluding hydrogens is 252 g/mol. The Bertz CT molecular complexity index is 746. The Hall–Kier alpha value is -2.41. The average Bonchev–Trinajstić information content (AvgIpc) is 2.98. The lowest BCUT2D eigenvalue weighted by molar-refractivity contribution is 0.110. The van der Waals surface area contributed by atoms with Gasteiger partial charge in [-0.15, -0.1) is 10.2 Å². The fourth-order valence-corrected chi connectivity index (χ4v) is 2.41. The number of hydrogen-bond acceptors (Lipinski definition) is 6. The van der Waals surface area contributed by atoms with Crippen molar-refractivity contribution >= 4 is 28.9 Å². The van der Waals surface area contributed by atoms with Crippen LogP contribution in [-0.2, 0) is 0 Å². The normalized spacial score (nSPS) is 10.7. The van der Waals surface area contributed by atoms with Crippen molar-refractivity contribution in [1.82, 2.24) is 19.8 Å². The summed E-state index contributed by atoms with van der Waals surface area (Å²) in [6, 6.07) is 7.08. The molecule has 2 heterocycles. The van der Waals surface area contributed by atoms with Crippen molar-refractivity contribution in [1.29, 1.82) is 0 Å². The van der Waals surface area contributed by atoms with Gasteiger partial charge in [-0.25, -0.2) is 0 Å². The standard InChI is InChI=1S/C11H6N4O2S/c16-5-7-2-1-3-8(4-7)10-14-15-9(6-17)12-13-11(15)18-10/h1-6H. The van der Waals surface area contributed by atoms with Gasteiger partial charge in [0.15, 0.2) is 6.29 Å². The molecular formula is C11H6N4O2S. The van der Waals surface area contributed by atoms with Crippen molar-refractivity contribution in [3.63, 3.8) is 0 Å². The highest BCUT2D eigenvalue weighted by atomic mass is 32.1. The molecule has 3 aromatic rings. The van der Waals surface area contributed by atoms with E-state index in [2.05, 4.69) is 15.3 Å². The first-order valence-electron chi connectivity index (χ1n) is 5.05. The summed E-state index contributed by atoms with van der Waals surface area (Å²) < 4.78 is 1.39. The third-order valence-electron chi connectivity index (χ3n) is 2.39. The summed E-state index contributed by atoms with van der Waals surface area (Å²) >= 11 is 1.31. The van der Waals surface area contributed by atoms with Gasteiger partial charge in [-0.3, -0.25) is 9.59 Å². The van der Waals surface area contributed by atoms with Gasteiger partial charge < -0.3 is 0 Å². The monoisotopic (exact) mass is 258 g/mol. The minimum absolute atomic E-state index is 0.166. The van der Waals surface area contributed by atoms with Gasteiger partial charge in [0.05, 0.1) is 0 Å². The molecule has 1 aromatic carbocycles. The number of nitrogens with zero attached hydrogens (tertiary/aromatic N) is 4. The predicted octanol–water partition coefficient (Wildman–Crippen LogP) is 1.48. The molecule has 0 aliphatic carbocycles. The molecule has 88 valence electrons. The lowest BCUT2D eigenvalue weighted by Crippen LogP contribution is -1.93. The maximum absolute atomic E-state index is 10.7. The number of hydrogen-bond donors (Lipinski definition) is 0. The SMILES string of the molecule is O=Cc1cccc(-c2nn3c(C=O)nnc3s2)c1. The van der Waals surface area contributed by atoms with E-state index in [0.29, 0.717) is 21.8 Å². The van der Waals surface area contributed by atoms with Crippen LogP contribution >= 0.6 is 11.3 Å². The molecule has 0 radical (unpaired) electrons. The summed E-state index contributed by atoms with van der Waals surface area (Å²) in [4.78, 5) is 22.0. The van der Waals surface area contributed by atoms with Crippen molar-refractivity contribution in [2.75, 3.05) is 0 Å². The first kappa shape index (κ1) is 10.7. The number of carbonyl (C=O) groups is 2. The van der Waals surface area contributed by atoms with E-state index >= 15 is 0 Å². The number of rotatable bonds is 3.